The Labute approximate surface area is 122 Å². The smallest absolute Gasteiger partial charge is 0.337 e. The molecule has 0 aliphatic carbocycles. The van der Waals surface area contributed by atoms with Crippen molar-refractivity contribution in [3.8, 4) is 0 Å². The molecule has 1 aromatic rings. The highest BCUT2D eigenvalue weighted by molar-refractivity contribution is 5.94. The van der Waals surface area contributed by atoms with Crippen LogP contribution in [-0.4, -0.2) is 66.4 Å². The standard InChI is InChI=1S/C14H18N2O5/c1-8-9(14(18)19)4-5-10(15-8)13(17)16-6-11(20-2)12(7-16)21-3/h4-5,11-12H,6-7H2,1-3H3,(H,18,19). The van der Waals surface area contributed by atoms with E-state index in [1.165, 1.54) is 12.1 Å². The zero-order valence-electron chi connectivity index (χ0n) is 12.2. The Morgan fingerprint density at radius 3 is 2.24 bits per heavy atom. The maximum absolute atomic E-state index is 12.4. The van der Waals surface area contributed by atoms with E-state index in [1.54, 1.807) is 26.0 Å². The van der Waals surface area contributed by atoms with Crippen molar-refractivity contribution in [2.24, 2.45) is 0 Å². The van der Waals surface area contributed by atoms with Crippen molar-refractivity contribution in [3.05, 3.63) is 29.1 Å². The van der Waals surface area contributed by atoms with Crippen molar-refractivity contribution in [1.29, 1.82) is 0 Å². The lowest BCUT2D eigenvalue weighted by atomic mass is 10.2. The number of nitrogens with zero attached hydrogens (tertiary/aromatic N) is 2. The Morgan fingerprint density at radius 1 is 1.24 bits per heavy atom. The third-order valence-electron chi connectivity index (χ3n) is 3.64. The summed E-state index contributed by atoms with van der Waals surface area (Å²) in [5.41, 5.74) is 0.640. The van der Waals surface area contributed by atoms with Crippen molar-refractivity contribution < 1.29 is 24.2 Å². The molecule has 0 saturated carbocycles. The Kier molecular flexibility index (Phi) is 4.54. The Hall–Kier alpha value is -1.99. The maximum atomic E-state index is 12.4. The van der Waals surface area contributed by atoms with Gasteiger partial charge in [-0.25, -0.2) is 9.78 Å². The molecule has 1 fully saturated rings. The van der Waals surface area contributed by atoms with Crippen molar-refractivity contribution in [2.45, 2.75) is 19.1 Å². The number of carboxylic acids is 1. The fourth-order valence-corrected chi connectivity index (χ4v) is 2.43. The molecule has 1 saturated heterocycles. The van der Waals surface area contributed by atoms with Crippen LogP contribution < -0.4 is 0 Å². The fourth-order valence-electron chi connectivity index (χ4n) is 2.43. The summed E-state index contributed by atoms with van der Waals surface area (Å²) in [7, 11) is 3.16. The molecule has 2 unspecified atom stereocenters. The highest BCUT2D eigenvalue weighted by Crippen LogP contribution is 2.18. The second kappa shape index (κ2) is 6.19. The second-order valence-corrected chi connectivity index (χ2v) is 4.89. The number of aromatic nitrogens is 1. The molecule has 0 spiro atoms. The van der Waals surface area contributed by atoms with Gasteiger partial charge in [0.25, 0.3) is 5.91 Å². The van der Waals surface area contributed by atoms with E-state index in [-0.39, 0.29) is 29.4 Å². The van der Waals surface area contributed by atoms with Gasteiger partial charge in [-0.05, 0) is 19.1 Å². The van der Waals surface area contributed by atoms with Crippen LogP contribution >= 0.6 is 0 Å². The summed E-state index contributed by atoms with van der Waals surface area (Å²) >= 11 is 0. The van der Waals surface area contributed by atoms with Gasteiger partial charge in [0.15, 0.2) is 0 Å². The van der Waals surface area contributed by atoms with Crippen LogP contribution in [0.1, 0.15) is 26.5 Å². The van der Waals surface area contributed by atoms with Gasteiger partial charge >= 0.3 is 5.97 Å². The van der Waals surface area contributed by atoms with Gasteiger partial charge in [0.05, 0.1) is 11.3 Å². The molecule has 2 rings (SSSR count). The molecule has 1 N–H and O–H groups in total. The molecule has 0 aromatic carbocycles. The summed E-state index contributed by atoms with van der Waals surface area (Å²) in [6.45, 7) is 2.42. The predicted octanol–water partition coefficient (Wildman–Crippen LogP) is 0.574. The zero-order valence-corrected chi connectivity index (χ0v) is 12.2. The Balaban J connectivity index is 2.18. The van der Waals surface area contributed by atoms with Gasteiger partial charge in [-0.3, -0.25) is 4.79 Å². The molecule has 1 aliphatic heterocycles. The van der Waals surface area contributed by atoms with E-state index in [4.69, 9.17) is 14.6 Å². The Bertz CT molecular complexity index is 548. The van der Waals surface area contributed by atoms with Crippen molar-refractivity contribution in [2.75, 3.05) is 27.3 Å². The van der Waals surface area contributed by atoms with Gasteiger partial charge in [0.1, 0.15) is 17.9 Å². The third-order valence-corrected chi connectivity index (χ3v) is 3.64. The number of carbonyl (C=O) groups excluding carboxylic acids is 1. The van der Waals surface area contributed by atoms with Crippen molar-refractivity contribution in [1.82, 2.24) is 9.88 Å². The molecule has 21 heavy (non-hydrogen) atoms. The lowest BCUT2D eigenvalue weighted by Gasteiger charge is -2.15. The van der Waals surface area contributed by atoms with Gasteiger partial charge in [-0.1, -0.05) is 0 Å². The molecule has 1 aromatic heterocycles. The first-order chi connectivity index (χ1) is 9.97. The van der Waals surface area contributed by atoms with E-state index >= 15 is 0 Å². The molecule has 2 atom stereocenters. The van der Waals surface area contributed by atoms with E-state index < -0.39 is 5.97 Å². The summed E-state index contributed by atoms with van der Waals surface area (Å²) < 4.78 is 10.6. The number of pyridine rings is 1. The van der Waals surface area contributed by atoms with Crippen LogP contribution in [0.15, 0.2) is 12.1 Å². The van der Waals surface area contributed by atoms with Crippen LogP contribution in [0.5, 0.6) is 0 Å². The van der Waals surface area contributed by atoms with E-state index in [9.17, 15) is 9.59 Å². The lowest BCUT2D eigenvalue weighted by molar-refractivity contribution is -0.00461. The number of methoxy groups -OCH3 is 2. The normalized spacial score (nSPS) is 21.6. The molecule has 2 heterocycles. The molecule has 0 radical (unpaired) electrons. The summed E-state index contributed by atoms with van der Waals surface area (Å²) in [4.78, 5) is 29.1. The predicted molar refractivity (Wildman–Crippen MR) is 73.4 cm³/mol. The number of aromatic carboxylic acids is 1. The molecule has 0 bridgehead atoms. The first-order valence-corrected chi connectivity index (χ1v) is 6.53. The highest BCUT2D eigenvalue weighted by Gasteiger charge is 2.36. The van der Waals surface area contributed by atoms with Crippen LogP contribution in [-0.2, 0) is 9.47 Å². The molecule has 114 valence electrons. The number of amides is 1. The number of ether oxygens (including phenoxy) is 2. The number of hydrogen-bond donors (Lipinski definition) is 1. The largest absolute Gasteiger partial charge is 0.478 e. The van der Waals surface area contributed by atoms with E-state index in [1.807, 2.05) is 0 Å². The minimum Gasteiger partial charge on any atom is -0.478 e. The number of rotatable bonds is 4. The van der Waals surface area contributed by atoms with Gasteiger partial charge in [-0.15, -0.1) is 0 Å². The highest BCUT2D eigenvalue weighted by atomic mass is 16.5. The van der Waals surface area contributed by atoms with Gasteiger partial charge < -0.3 is 19.5 Å². The molecular formula is C14H18N2O5. The first kappa shape index (κ1) is 15.4. The van der Waals surface area contributed by atoms with Crippen LogP contribution in [0, 0.1) is 6.92 Å². The summed E-state index contributed by atoms with van der Waals surface area (Å²) in [5.74, 6) is -1.31. The molecule has 1 aliphatic rings. The third kappa shape index (κ3) is 3.03. The minimum atomic E-state index is -1.06. The SMILES string of the molecule is COC1CN(C(=O)c2ccc(C(=O)O)c(C)n2)CC1OC. The monoisotopic (exact) mass is 294 g/mol. The number of carboxylic acid groups (broad SMARTS) is 1. The van der Waals surface area contributed by atoms with Crippen LogP contribution in [0.2, 0.25) is 0 Å². The van der Waals surface area contributed by atoms with E-state index in [0.717, 1.165) is 0 Å². The molecular weight excluding hydrogens is 276 g/mol. The summed E-state index contributed by atoms with van der Waals surface area (Å²) in [5, 5.41) is 8.97. The average Bonchev–Trinajstić information content (AvgIpc) is 2.89. The zero-order chi connectivity index (χ0) is 15.6. The summed E-state index contributed by atoms with van der Waals surface area (Å²) in [6, 6.07) is 2.83. The van der Waals surface area contributed by atoms with Gasteiger partial charge in [0.2, 0.25) is 0 Å². The molecule has 7 nitrogen and oxygen atoms in total. The average molecular weight is 294 g/mol. The Morgan fingerprint density at radius 2 is 1.81 bits per heavy atom. The quantitative estimate of drug-likeness (QED) is 0.873. The minimum absolute atomic E-state index is 0.0949. The van der Waals surface area contributed by atoms with Gasteiger partial charge in [-0.2, -0.15) is 0 Å². The van der Waals surface area contributed by atoms with Crippen molar-refractivity contribution in [3.63, 3.8) is 0 Å². The fraction of sp³-hybridized carbons (Fsp3) is 0.500. The van der Waals surface area contributed by atoms with Crippen LogP contribution in [0.3, 0.4) is 0 Å². The number of aryl methyl sites for hydroxylation is 1. The van der Waals surface area contributed by atoms with Crippen LogP contribution in [0.25, 0.3) is 0 Å². The second-order valence-electron chi connectivity index (χ2n) is 4.89. The molecule has 7 heteroatoms. The number of carbonyl (C=O) groups is 2. The number of likely N-dealkylation sites (tertiary alicyclic amines) is 1. The lowest BCUT2D eigenvalue weighted by Crippen LogP contribution is -2.31. The van der Waals surface area contributed by atoms with E-state index in [2.05, 4.69) is 4.98 Å². The van der Waals surface area contributed by atoms with Crippen LogP contribution in [0.4, 0.5) is 0 Å². The molecule has 1 amide bonds. The van der Waals surface area contributed by atoms with Crippen molar-refractivity contribution >= 4 is 11.9 Å². The van der Waals surface area contributed by atoms with Gasteiger partial charge in [0, 0.05) is 27.3 Å². The maximum Gasteiger partial charge on any atom is 0.337 e. The number of hydrogen-bond acceptors (Lipinski definition) is 5. The topological polar surface area (TPSA) is 89.0 Å². The first-order valence-electron chi connectivity index (χ1n) is 6.53. The van der Waals surface area contributed by atoms with E-state index in [0.29, 0.717) is 18.8 Å². The summed E-state index contributed by atoms with van der Waals surface area (Å²) in [6.07, 6.45) is -0.336.